The lowest BCUT2D eigenvalue weighted by atomic mass is 9.74. The number of rotatable bonds is 4. The van der Waals surface area contributed by atoms with Crippen molar-refractivity contribution in [2.45, 2.75) is 129 Å². The number of piperidine rings is 1. The van der Waals surface area contributed by atoms with E-state index in [-0.39, 0.29) is 18.2 Å². The van der Waals surface area contributed by atoms with Crippen molar-refractivity contribution in [2.75, 3.05) is 40.3 Å². The number of hydrogen-bond acceptors (Lipinski definition) is 6. The van der Waals surface area contributed by atoms with Crippen molar-refractivity contribution in [3.05, 3.63) is 23.3 Å². The van der Waals surface area contributed by atoms with Crippen molar-refractivity contribution in [1.82, 2.24) is 20.4 Å². The van der Waals surface area contributed by atoms with Crippen LogP contribution in [0.15, 0.2) is 23.3 Å². The van der Waals surface area contributed by atoms with Crippen LogP contribution in [0.5, 0.6) is 0 Å². The summed E-state index contributed by atoms with van der Waals surface area (Å²) in [6.45, 7) is 16.1. The van der Waals surface area contributed by atoms with Crippen LogP contribution < -0.4 is 10.6 Å². The minimum absolute atomic E-state index is 0.204. The minimum atomic E-state index is -0.432. The van der Waals surface area contributed by atoms with Gasteiger partial charge in [0.25, 0.3) is 0 Å². The molecule has 8 heteroatoms. The highest BCUT2D eigenvalue weighted by atomic mass is 16.6. The third-order valence-electron chi connectivity index (χ3n) is 8.88. The van der Waals surface area contributed by atoms with Gasteiger partial charge in [0, 0.05) is 25.2 Å². The molecule has 42 heavy (non-hydrogen) atoms. The van der Waals surface area contributed by atoms with E-state index in [1.54, 1.807) is 0 Å². The van der Waals surface area contributed by atoms with Crippen molar-refractivity contribution < 1.29 is 19.1 Å². The maximum atomic E-state index is 11.8. The second-order valence-corrected chi connectivity index (χ2v) is 15.0. The number of nitrogens with zero attached hydrogens (tertiary/aromatic N) is 2. The minimum Gasteiger partial charge on any atom is -0.444 e. The Morgan fingerprint density at radius 1 is 0.667 bits per heavy atom. The monoisotopic (exact) mass is 588 g/mol. The van der Waals surface area contributed by atoms with Gasteiger partial charge >= 0.3 is 12.2 Å². The average Bonchev–Trinajstić information content (AvgIpc) is 2.89. The van der Waals surface area contributed by atoms with E-state index < -0.39 is 11.2 Å². The van der Waals surface area contributed by atoms with E-state index in [1.165, 1.54) is 49.9 Å². The van der Waals surface area contributed by atoms with E-state index in [4.69, 9.17) is 9.47 Å². The Hall–Kier alpha value is -2.06. The number of hydrogen-bond donors (Lipinski definition) is 2. The highest BCUT2D eigenvalue weighted by Crippen LogP contribution is 2.35. The molecule has 2 fully saturated rings. The van der Waals surface area contributed by atoms with Crippen molar-refractivity contribution in [2.24, 2.45) is 11.8 Å². The first-order valence-electron chi connectivity index (χ1n) is 16.4. The van der Waals surface area contributed by atoms with Crippen LogP contribution in [0.1, 0.15) is 106 Å². The molecule has 4 rings (SSSR count). The summed E-state index contributed by atoms with van der Waals surface area (Å²) in [5.41, 5.74) is 2.14. The zero-order valence-electron chi connectivity index (χ0n) is 27.9. The Morgan fingerprint density at radius 3 is 1.67 bits per heavy atom. The third kappa shape index (κ3) is 12.7. The Morgan fingerprint density at radius 2 is 1.19 bits per heavy atom. The number of likely N-dealkylation sites (tertiary alicyclic amines) is 1. The molecule has 4 aliphatic rings. The summed E-state index contributed by atoms with van der Waals surface area (Å²) in [5.74, 6) is 1.78. The number of carbonyl (C=O) groups is 2. The number of ether oxygens (including phenoxy) is 2. The van der Waals surface area contributed by atoms with Crippen LogP contribution in [0.2, 0.25) is 0 Å². The molecular weight excluding hydrogens is 528 g/mol. The van der Waals surface area contributed by atoms with E-state index >= 15 is 0 Å². The molecule has 240 valence electrons. The highest BCUT2D eigenvalue weighted by molar-refractivity contribution is 5.68. The Balaban J connectivity index is 0.000000230. The Kier molecular flexibility index (Phi) is 12.8. The summed E-state index contributed by atoms with van der Waals surface area (Å²) in [7, 11) is 4.38. The van der Waals surface area contributed by atoms with Crippen molar-refractivity contribution in [1.29, 1.82) is 0 Å². The molecule has 1 saturated heterocycles. The van der Waals surface area contributed by atoms with Crippen LogP contribution in [0.25, 0.3) is 0 Å². The lowest BCUT2D eigenvalue weighted by molar-refractivity contribution is 0.0471. The summed E-state index contributed by atoms with van der Waals surface area (Å²) in [4.78, 5) is 28.4. The fourth-order valence-corrected chi connectivity index (χ4v) is 6.50. The van der Waals surface area contributed by atoms with Gasteiger partial charge in [-0.2, -0.15) is 0 Å². The molecular formula is C34H60N4O4. The third-order valence-corrected chi connectivity index (χ3v) is 8.88. The van der Waals surface area contributed by atoms with Crippen LogP contribution in [-0.4, -0.2) is 85.5 Å². The van der Waals surface area contributed by atoms with Gasteiger partial charge in [0.15, 0.2) is 0 Å². The van der Waals surface area contributed by atoms with Crippen molar-refractivity contribution >= 4 is 12.2 Å². The molecule has 1 saturated carbocycles. The quantitative estimate of drug-likeness (QED) is 0.382. The van der Waals surface area contributed by atoms with Gasteiger partial charge in [0.05, 0.1) is 0 Å². The number of alkyl carbamates (subject to hydrolysis) is 2. The molecule has 0 aromatic rings. The molecule has 0 radical (unpaired) electrons. The molecule has 0 aromatic carbocycles. The summed E-state index contributed by atoms with van der Waals surface area (Å²) in [6.07, 6.45) is 15.6. The number of likely N-dealkylation sites (N-methyl/N-ethyl adjacent to an activating group) is 1. The van der Waals surface area contributed by atoms with Gasteiger partial charge in [-0.3, -0.25) is 0 Å². The van der Waals surface area contributed by atoms with E-state index in [1.807, 2.05) is 41.5 Å². The summed E-state index contributed by atoms with van der Waals surface area (Å²) in [5, 5.41) is 6.01. The molecule has 0 aromatic heterocycles. The predicted octanol–water partition coefficient (Wildman–Crippen LogP) is 6.66. The SMILES string of the molecule is CN1CC=C(C2=CCC(NC(=O)OC(C)(C)C)CC2)CC1.CN1CCC(C2CCC(NC(=O)OC(C)(C)C)CC2)CC1. The van der Waals surface area contributed by atoms with Gasteiger partial charge in [-0.25, -0.2) is 9.59 Å². The molecule has 2 N–H and O–H groups in total. The van der Waals surface area contributed by atoms with Crippen molar-refractivity contribution in [3.8, 4) is 0 Å². The number of amides is 2. The first-order valence-corrected chi connectivity index (χ1v) is 16.4. The standard InChI is InChI=1S/C17H32N2O2.C17H28N2O2/c2*1-17(2,3)21-16(20)18-15-7-5-13(6-8-15)14-9-11-19(4)12-10-14/h13-15H,5-12H2,1-4H3,(H,18,20);5,9,15H,6-8,10-12H2,1-4H3,(H,18,20). The molecule has 0 bridgehead atoms. The topological polar surface area (TPSA) is 83.1 Å². The largest absolute Gasteiger partial charge is 0.444 e. The van der Waals surface area contributed by atoms with Crippen LogP contribution in [0.3, 0.4) is 0 Å². The van der Waals surface area contributed by atoms with E-state index in [0.717, 1.165) is 63.5 Å². The molecule has 2 aliphatic heterocycles. The molecule has 2 amide bonds. The van der Waals surface area contributed by atoms with E-state index in [0.29, 0.717) is 6.04 Å². The Bertz CT molecular complexity index is 932. The zero-order valence-corrected chi connectivity index (χ0v) is 27.9. The molecule has 2 aliphatic carbocycles. The van der Waals surface area contributed by atoms with Crippen LogP contribution in [0.4, 0.5) is 9.59 Å². The lowest BCUT2D eigenvalue weighted by Crippen LogP contribution is -2.42. The van der Waals surface area contributed by atoms with Gasteiger partial charge in [0.2, 0.25) is 0 Å². The molecule has 8 nitrogen and oxygen atoms in total. The van der Waals surface area contributed by atoms with Gasteiger partial charge in [0.1, 0.15) is 11.2 Å². The van der Waals surface area contributed by atoms with Gasteiger partial charge in [-0.05, 0) is 156 Å². The number of carbonyl (C=O) groups excluding carboxylic acids is 2. The average molecular weight is 589 g/mol. The maximum Gasteiger partial charge on any atom is 0.407 e. The lowest BCUT2D eigenvalue weighted by Gasteiger charge is -2.38. The summed E-state index contributed by atoms with van der Waals surface area (Å²) >= 11 is 0. The van der Waals surface area contributed by atoms with Gasteiger partial charge < -0.3 is 29.9 Å². The first kappa shape index (κ1) is 34.4. The van der Waals surface area contributed by atoms with Crippen LogP contribution >= 0.6 is 0 Å². The molecule has 2 heterocycles. The zero-order chi connectivity index (χ0) is 30.9. The van der Waals surface area contributed by atoms with E-state index in [9.17, 15) is 9.59 Å². The highest BCUT2D eigenvalue weighted by Gasteiger charge is 2.31. The fraction of sp³-hybridized carbons (Fsp3) is 0.824. The smallest absolute Gasteiger partial charge is 0.407 e. The molecule has 0 spiro atoms. The normalized spacial score (nSPS) is 26.6. The second kappa shape index (κ2) is 15.6. The summed E-state index contributed by atoms with van der Waals surface area (Å²) in [6, 6.07) is 0.512. The second-order valence-electron chi connectivity index (χ2n) is 15.0. The molecule has 1 atom stereocenters. The van der Waals surface area contributed by atoms with Crippen LogP contribution in [-0.2, 0) is 9.47 Å². The Labute approximate surface area is 256 Å². The van der Waals surface area contributed by atoms with Gasteiger partial charge in [-0.1, -0.05) is 12.2 Å². The first-order chi connectivity index (χ1) is 19.7. The number of nitrogens with one attached hydrogen (secondary N) is 2. The maximum absolute atomic E-state index is 11.8. The van der Waals surface area contributed by atoms with Crippen molar-refractivity contribution in [3.63, 3.8) is 0 Å². The predicted molar refractivity (Wildman–Crippen MR) is 171 cm³/mol. The van der Waals surface area contributed by atoms with Gasteiger partial charge in [-0.15, -0.1) is 0 Å². The fourth-order valence-electron chi connectivity index (χ4n) is 6.50. The van der Waals surface area contributed by atoms with Crippen LogP contribution in [0, 0.1) is 11.8 Å². The number of allylic oxidation sites excluding steroid dienone is 1. The van der Waals surface area contributed by atoms with E-state index in [2.05, 4.69) is 46.7 Å². The summed E-state index contributed by atoms with van der Waals surface area (Å²) < 4.78 is 10.6. The molecule has 1 unspecified atom stereocenters.